The van der Waals surface area contributed by atoms with Crippen molar-refractivity contribution in [1.82, 2.24) is 5.32 Å². The smallest absolute Gasteiger partial charge is 0.189 e. The molecule has 0 aliphatic carbocycles. The minimum absolute atomic E-state index is 0.272. The second-order valence-corrected chi connectivity index (χ2v) is 3.29. The first-order valence-electron chi connectivity index (χ1n) is 4.08. The van der Waals surface area contributed by atoms with Crippen LogP contribution in [0.2, 0.25) is 0 Å². The maximum atomic E-state index is 10.8. The van der Waals surface area contributed by atoms with E-state index >= 15 is 0 Å². The average molecular weight is 175 g/mol. The van der Waals surface area contributed by atoms with Crippen molar-refractivity contribution in [1.29, 1.82) is 0 Å². The van der Waals surface area contributed by atoms with Gasteiger partial charge in [0.05, 0.1) is 0 Å². The number of unbranched alkanes of at least 4 members (excludes halogenated alkanes) is 1. The van der Waals surface area contributed by atoms with Crippen LogP contribution in [-0.2, 0) is 4.79 Å². The van der Waals surface area contributed by atoms with E-state index < -0.39 is 0 Å². The third-order valence-electron chi connectivity index (χ3n) is 1.44. The van der Waals surface area contributed by atoms with Gasteiger partial charge in [-0.3, -0.25) is 4.79 Å². The summed E-state index contributed by atoms with van der Waals surface area (Å²) in [6.45, 7) is 4.03. The first-order valence-corrected chi connectivity index (χ1v) is 5.31. The maximum absolute atomic E-state index is 10.8. The Kier molecular flexibility index (Phi) is 8.07. The van der Waals surface area contributed by atoms with E-state index in [0.717, 1.165) is 13.1 Å². The highest BCUT2D eigenvalue weighted by atomic mass is 32.2. The third-order valence-corrected chi connectivity index (χ3v) is 2.10. The van der Waals surface area contributed by atoms with Crippen LogP contribution in [0.15, 0.2) is 0 Å². The van der Waals surface area contributed by atoms with Crippen LogP contribution in [0.1, 0.15) is 26.2 Å². The molecule has 0 atom stereocenters. The summed E-state index contributed by atoms with van der Waals surface area (Å²) in [7, 11) is 0. The van der Waals surface area contributed by atoms with Crippen LogP contribution in [-0.4, -0.2) is 24.5 Å². The topological polar surface area (TPSA) is 29.1 Å². The number of carbonyl (C=O) groups is 1. The van der Waals surface area contributed by atoms with Crippen LogP contribution in [0.5, 0.6) is 0 Å². The van der Waals surface area contributed by atoms with E-state index in [-0.39, 0.29) is 5.12 Å². The molecule has 0 aromatic rings. The first-order chi connectivity index (χ1) is 5.31. The molecule has 0 heterocycles. The zero-order valence-corrected chi connectivity index (χ0v) is 8.17. The molecule has 0 saturated heterocycles. The van der Waals surface area contributed by atoms with Gasteiger partial charge in [-0.15, -0.1) is 0 Å². The van der Waals surface area contributed by atoms with E-state index in [1.807, 2.05) is 6.26 Å². The molecule has 2 nitrogen and oxygen atoms in total. The SMILES string of the molecule is CCCCNCCC(=O)SC. The van der Waals surface area contributed by atoms with Gasteiger partial charge in [0.25, 0.3) is 0 Å². The summed E-state index contributed by atoms with van der Waals surface area (Å²) in [4.78, 5) is 10.8. The van der Waals surface area contributed by atoms with Crippen molar-refractivity contribution in [3.05, 3.63) is 0 Å². The van der Waals surface area contributed by atoms with Gasteiger partial charge in [-0.25, -0.2) is 0 Å². The van der Waals surface area contributed by atoms with E-state index in [1.54, 1.807) is 0 Å². The number of hydrogen-bond acceptors (Lipinski definition) is 3. The van der Waals surface area contributed by atoms with E-state index in [2.05, 4.69) is 12.2 Å². The highest BCUT2D eigenvalue weighted by molar-refractivity contribution is 8.13. The molecule has 0 fully saturated rings. The zero-order chi connectivity index (χ0) is 8.53. The predicted octanol–water partition coefficient (Wildman–Crippen LogP) is 1.66. The van der Waals surface area contributed by atoms with Gasteiger partial charge in [0.2, 0.25) is 0 Å². The van der Waals surface area contributed by atoms with Gasteiger partial charge in [0, 0.05) is 13.0 Å². The van der Waals surface area contributed by atoms with Gasteiger partial charge in [0.1, 0.15) is 0 Å². The molecule has 0 spiro atoms. The highest BCUT2D eigenvalue weighted by Gasteiger charge is 1.96. The van der Waals surface area contributed by atoms with Crippen molar-refractivity contribution in [3.8, 4) is 0 Å². The molecule has 11 heavy (non-hydrogen) atoms. The van der Waals surface area contributed by atoms with Crippen molar-refractivity contribution in [2.75, 3.05) is 19.3 Å². The molecule has 66 valence electrons. The van der Waals surface area contributed by atoms with Crippen LogP contribution in [0.25, 0.3) is 0 Å². The number of hydrogen-bond donors (Lipinski definition) is 1. The fourth-order valence-corrected chi connectivity index (χ4v) is 1.03. The Morgan fingerprint density at radius 2 is 2.18 bits per heavy atom. The normalized spacial score (nSPS) is 10.0. The minimum Gasteiger partial charge on any atom is -0.316 e. The molecule has 0 aromatic carbocycles. The molecule has 0 radical (unpaired) electrons. The molecule has 0 amide bonds. The van der Waals surface area contributed by atoms with Crippen LogP contribution >= 0.6 is 11.8 Å². The van der Waals surface area contributed by atoms with Crippen LogP contribution in [0, 0.1) is 0 Å². The van der Waals surface area contributed by atoms with Crippen molar-refractivity contribution in [2.45, 2.75) is 26.2 Å². The summed E-state index contributed by atoms with van der Waals surface area (Å²) in [5.41, 5.74) is 0. The Balaban J connectivity index is 2.95. The van der Waals surface area contributed by atoms with Crippen molar-refractivity contribution >= 4 is 16.9 Å². The van der Waals surface area contributed by atoms with E-state index in [0.29, 0.717) is 6.42 Å². The van der Waals surface area contributed by atoms with Gasteiger partial charge in [-0.1, -0.05) is 25.1 Å². The number of thioether (sulfide) groups is 1. The maximum Gasteiger partial charge on any atom is 0.189 e. The molecule has 0 bridgehead atoms. The summed E-state index contributed by atoms with van der Waals surface area (Å²) >= 11 is 1.31. The third kappa shape index (κ3) is 7.88. The minimum atomic E-state index is 0.272. The Hall–Kier alpha value is -0.0200. The quantitative estimate of drug-likeness (QED) is 0.622. The van der Waals surface area contributed by atoms with Crippen molar-refractivity contribution < 1.29 is 4.79 Å². The van der Waals surface area contributed by atoms with Gasteiger partial charge in [-0.05, 0) is 19.2 Å². The van der Waals surface area contributed by atoms with E-state index in [4.69, 9.17) is 0 Å². The molecular formula is C8H17NOS. The molecule has 0 saturated carbocycles. The lowest BCUT2D eigenvalue weighted by atomic mass is 10.3. The average Bonchev–Trinajstić information content (AvgIpc) is 2.04. The van der Waals surface area contributed by atoms with Crippen molar-refractivity contribution in [2.24, 2.45) is 0 Å². The molecule has 1 N–H and O–H groups in total. The van der Waals surface area contributed by atoms with Gasteiger partial charge >= 0.3 is 0 Å². The lowest BCUT2D eigenvalue weighted by Gasteiger charge is -2.00. The summed E-state index contributed by atoms with van der Waals surface area (Å²) in [5.74, 6) is 0. The monoisotopic (exact) mass is 175 g/mol. The lowest BCUT2D eigenvalue weighted by molar-refractivity contribution is -0.110. The number of nitrogens with one attached hydrogen (secondary N) is 1. The summed E-state index contributed by atoms with van der Waals surface area (Å²) in [5, 5.41) is 3.49. The first kappa shape index (κ1) is 11.0. The molecule has 0 unspecified atom stereocenters. The van der Waals surface area contributed by atoms with Crippen LogP contribution < -0.4 is 5.32 Å². The molecule has 3 heteroatoms. The molecule has 0 rings (SSSR count). The summed E-state index contributed by atoms with van der Waals surface area (Å²) in [6, 6.07) is 0. The van der Waals surface area contributed by atoms with Gasteiger partial charge in [0.15, 0.2) is 5.12 Å². The Morgan fingerprint density at radius 1 is 1.45 bits per heavy atom. The van der Waals surface area contributed by atoms with Gasteiger partial charge in [-0.2, -0.15) is 0 Å². The van der Waals surface area contributed by atoms with Gasteiger partial charge < -0.3 is 5.32 Å². The highest BCUT2D eigenvalue weighted by Crippen LogP contribution is 1.97. The Bertz CT molecular complexity index is 106. The predicted molar refractivity (Wildman–Crippen MR) is 50.9 cm³/mol. The molecule has 0 aliphatic rings. The standard InChI is InChI=1S/C8H17NOS/c1-3-4-6-9-7-5-8(10)11-2/h9H,3-7H2,1-2H3. The van der Waals surface area contributed by atoms with E-state index in [9.17, 15) is 4.79 Å². The fraction of sp³-hybridized carbons (Fsp3) is 0.875. The number of carbonyl (C=O) groups excluding carboxylic acids is 1. The van der Waals surface area contributed by atoms with Crippen LogP contribution in [0.4, 0.5) is 0 Å². The lowest BCUT2D eigenvalue weighted by Crippen LogP contribution is -2.18. The second-order valence-electron chi connectivity index (χ2n) is 2.43. The van der Waals surface area contributed by atoms with Crippen LogP contribution in [0.3, 0.4) is 0 Å². The van der Waals surface area contributed by atoms with E-state index in [1.165, 1.54) is 24.6 Å². The molecule has 0 aromatic heterocycles. The summed E-state index contributed by atoms with van der Waals surface area (Å²) < 4.78 is 0. The second kappa shape index (κ2) is 8.08. The zero-order valence-electron chi connectivity index (χ0n) is 7.35. The Morgan fingerprint density at radius 3 is 2.73 bits per heavy atom. The molecular weight excluding hydrogens is 158 g/mol. The number of rotatable bonds is 6. The van der Waals surface area contributed by atoms with Crippen molar-refractivity contribution in [3.63, 3.8) is 0 Å². The fourth-order valence-electron chi connectivity index (χ4n) is 0.719. The molecule has 0 aliphatic heterocycles. The Labute approximate surface area is 73.1 Å². The largest absolute Gasteiger partial charge is 0.316 e. The summed E-state index contributed by atoms with van der Waals surface area (Å²) in [6.07, 6.45) is 4.90.